The molecule has 1 aromatic heterocycles. The Morgan fingerprint density at radius 1 is 1.77 bits per heavy atom. The van der Waals surface area contributed by atoms with Gasteiger partial charge in [-0.15, -0.1) is 0 Å². The molecule has 2 radical (unpaired) electrons. The first-order valence-electron chi connectivity index (χ1n) is 4.26. The van der Waals surface area contributed by atoms with Gasteiger partial charge >= 0.3 is 0 Å². The molecule has 1 saturated carbocycles. The van der Waals surface area contributed by atoms with E-state index in [0.29, 0.717) is 5.92 Å². The quantitative estimate of drug-likeness (QED) is 0.747. The molecule has 2 rings (SSSR count). The SMILES string of the molecule is [CH]c1cc(C(=O)NCC2CC2)no1. The number of hydrogen-bond donors (Lipinski definition) is 1. The normalized spacial score (nSPS) is 15.8. The van der Waals surface area contributed by atoms with Gasteiger partial charge in [0.2, 0.25) is 0 Å². The maximum absolute atomic E-state index is 11.3. The standard InChI is InChI=1S/C9H10N2O2/c1-6-4-8(11-13-6)9(12)10-5-7-2-3-7/h1,4,7H,2-3,5H2,(H,10,12). The molecule has 1 amide bonds. The minimum absolute atomic E-state index is 0.163. The fourth-order valence-electron chi connectivity index (χ4n) is 1.05. The molecule has 1 N–H and O–H groups in total. The summed E-state index contributed by atoms with van der Waals surface area (Å²) < 4.78 is 4.58. The molecule has 1 aromatic rings. The van der Waals surface area contributed by atoms with Crippen LogP contribution >= 0.6 is 0 Å². The van der Waals surface area contributed by atoms with Gasteiger partial charge in [0.1, 0.15) is 5.76 Å². The van der Waals surface area contributed by atoms with Gasteiger partial charge in [0.15, 0.2) is 5.69 Å². The van der Waals surface area contributed by atoms with Crippen molar-refractivity contribution in [1.29, 1.82) is 0 Å². The number of carbonyl (C=O) groups is 1. The lowest BCUT2D eigenvalue weighted by atomic mass is 10.3. The third kappa shape index (κ3) is 2.08. The van der Waals surface area contributed by atoms with Crippen LogP contribution in [0.25, 0.3) is 0 Å². The van der Waals surface area contributed by atoms with E-state index in [2.05, 4.69) is 15.0 Å². The lowest BCUT2D eigenvalue weighted by Crippen LogP contribution is -2.25. The average molecular weight is 178 g/mol. The third-order valence-corrected chi connectivity index (χ3v) is 2.01. The highest BCUT2D eigenvalue weighted by atomic mass is 16.5. The van der Waals surface area contributed by atoms with Crippen molar-refractivity contribution in [2.24, 2.45) is 5.92 Å². The molecule has 1 aliphatic carbocycles. The topological polar surface area (TPSA) is 55.1 Å². The molecule has 0 bridgehead atoms. The molecule has 4 heteroatoms. The summed E-state index contributed by atoms with van der Waals surface area (Å²) in [6.07, 6.45) is 2.42. The molecule has 1 heterocycles. The Balaban J connectivity index is 1.88. The van der Waals surface area contributed by atoms with Crippen molar-refractivity contribution in [3.05, 3.63) is 24.4 Å². The van der Waals surface area contributed by atoms with Crippen LogP contribution in [0.3, 0.4) is 0 Å². The van der Waals surface area contributed by atoms with Gasteiger partial charge in [-0.3, -0.25) is 4.79 Å². The molecular formula is C9H10N2O2. The number of carbonyl (C=O) groups excluding carboxylic acids is 1. The van der Waals surface area contributed by atoms with Crippen molar-refractivity contribution in [3.8, 4) is 0 Å². The van der Waals surface area contributed by atoms with Crippen LogP contribution in [0.1, 0.15) is 29.1 Å². The van der Waals surface area contributed by atoms with Crippen LogP contribution < -0.4 is 5.32 Å². The highest BCUT2D eigenvalue weighted by molar-refractivity contribution is 5.92. The van der Waals surface area contributed by atoms with E-state index in [0.717, 1.165) is 6.54 Å². The highest BCUT2D eigenvalue weighted by Gasteiger charge is 2.22. The Labute approximate surface area is 76.3 Å². The first-order chi connectivity index (χ1) is 6.25. The summed E-state index contributed by atoms with van der Waals surface area (Å²) in [5, 5.41) is 6.26. The van der Waals surface area contributed by atoms with Gasteiger partial charge in [0, 0.05) is 19.5 Å². The summed E-state index contributed by atoms with van der Waals surface area (Å²) in [6.45, 7) is 6.00. The van der Waals surface area contributed by atoms with Gasteiger partial charge in [0.25, 0.3) is 5.91 Å². The van der Waals surface area contributed by atoms with Crippen LogP contribution in [0, 0.1) is 12.8 Å². The van der Waals surface area contributed by atoms with Crippen LogP contribution in [-0.4, -0.2) is 17.6 Å². The van der Waals surface area contributed by atoms with Crippen molar-refractivity contribution in [1.82, 2.24) is 10.5 Å². The zero-order chi connectivity index (χ0) is 9.26. The van der Waals surface area contributed by atoms with E-state index < -0.39 is 0 Å². The second-order valence-corrected chi connectivity index (χ2v) is 3.27. The molecule has 0 saturated heterocycles. The summed E-state index contributed by atoms with van der Waals surface area (Å²) in [6, 6.07) is 1.42. The molecule has 4 nitrogen and oxygen atoms in total. The smallest absolute Gasteiger partial charge is 0.273 e. The minimum atomic E-state index is -0.215. The Morgan fingerprint density at radius 2 is 2.54 bits per heavy atom. The summed E-state index contributed by atoms with van der Waals surface area (Å²) in [4.78, 5) is 11.3. The van der Waals surface area contributed by atoms with E-state index >= 15 is 0 Å². The molecule has 1 fully saturated rings. The van der Waals surface area contributed by atoms with E-state index in [-0.39, 0.29) is 17.4 Å². The first kappa shape index (κ1) is 8.29. The molecule has 0 atom stereocenters. The van der Waals surface area contributed by atoms with Gasteiger partial charge in [-0.25, -0.2) is 0 Å². The molecule has 68 valence electrons. The zero-order valence-corrected chi connectivity index (χ0v) is 7.12. The van der Waals surface area contributed by atoms with Crippen molar-refractivity contribution < 1.29 is 9.32 Å². The van der Waals surface area contributed by atoms with Gasteiger partial charge < -0.3 is 9.84 Å². The third-order valence-electron chi connectivity index (χ3n) is 2.01. The van der Waals surface area contributed by atoms with Crippen LogP contribution in [0.2, 0.25) is 0 Å². The second-order valence-electron chi connectivity index (χ2n) is 3.27. The highest BCUT2D eigenvalue weighted by Crippen LogP contribution is 2.27. The lowest BCUT2D eigenvalue weighted by molar-refractivity contribution is 0.0942. The van der Waals surface area contributed by atoms with E-state index in [1.165, 1.54) is 18.9 Å². The molecule has 0 unspecified atom stereocenters. The summed E-state index contributed by atoms with van der Waals surface area (Å²) >= 11 is 0. The fourth-order valence-corrected chi connectivity index (χ4v) is 1.05. The summed E-state index contributed by atoms with van der Waals surface area (Å²) in [5.74, 6) is 0.608. The van der Waals surface area contributed by atoms with Crippen molar-refractivity contribution in [2.45, 2.75) is 12.8 Å². The van der Waals surface area contributed by atoms with Crippen LogP contribution in [0.15, 0.2) is 10.6 Å². The lowest BCUT2D eigenvalue weighted by Gasteiger charge is -1.98. The number of nitrogens with zero attached hydrogens (tertiary/aromatic N) is 1. The first-order valence-corrected chi connectivity index (χ1v) is 4.26. The second kappa shape index (κ2) is 3.20. The molecule has 0 aromatic carbocycles. The number of aromatic nitrogens is 1. The van der Waals surface area contributed by atoms with Crippen LogP contribution in [0.5, 0.6) is 0 Å². The minimum Gasteiger partial charge on any atom is -0.360 e. The Bertz CT molecular complexity index is 315. The Morgan fingerprint density at radius 3 is 3.08 bits per heavy atom. The van der Waals surface area contributed by atoms with E-state index in [4.69, 9.17) is 6.92 Å². The predicted molar refractivity (Wildman–Crippen MR) is 45.0 cm³/mol. The van der Waals surface area contributed by atoms with Gasteiger partial charge in [-0.05, 0) is 18.8 Å². The van der Waals surface area contributed by atoms with Gasteiger partial charge in [-0.2, -0.15) is 0 Å². The van der Waals surface area contributed by atoms with E-state index in [1.807, 2.05) is 0 Å². The Hall–Kier alpha value is -1.32. The summed E-state index contributed by atoms with van der Waals surface area (Å²) in [5.41, 5.74) is 0.248. The van der Waals surface area contributed by atoms with Crippen LogP contribution in [0.4, 0.5) is 0 Å². The zero-order valence-electron chi connectivity index (χ0n) is 7.12. The number of rotatable bonds is 3. The molecule has 13 heavy (non-hydrogen) atoms. The monoisotopic (exact) mass is 178 g/mol. The fraction of sp³-hybridized carbons (Fsp3) is 0.444. The van der Waals surface area contributed by atoms with Gasteiger partial charge in [-0.1, -0.05) is 5.16 Å². The molecule has 0 spiro atoms. The largest absolute Gasteiger partial charge is 0.360 e. The summed E-state index contributed by atoms with van der Waals surface area (Å²) in [7, 11) is 0. The maximum Gasteiger partial charge on any atom is 0.273 e. The number of amides is 1. The maximum atomic E-state index is 11.3. The van der Waals surface area contributed by atoms with Crippen molar-refractivity contribution in [3.63, 3.8) is 0 Å². The van der Waals surface area contributed by atoms with E-state index in [1.54, 1.807) is 0 Å². The Kier molecular flexibility index (Phi) is 2.04. The van der Waals surface area contributed by atoms with E-state index in [9.17, 15) is 4.79 Å². The number of nitrogens with one attached hydrogen (secondary N) is 1. The molecule has 1 aliphatic rings. The number of hydrogen-bond acceptors (Lipinski definition) is 3. The van der Waals surface area contributed by atoms with Gasteiger partial charge in [0.05, 0.1) is 0 Å². The molecule has 0 aliphatic heterocycles. The van der Waals surface area contributed by atoms with Crippen LogP contribution in [-0.2, 0) is 0 Å². The van der Waals surface area contributed by atoms with Crippen molar-refractivity contribution >= 4 is 5.91 Å². The molecular weight excluding hydrogens is 168 g/mol. The van der Waals surface area contributed by atoms with Crippen molar-refractivity contribution in [2.75, 3.05) is 6.54 Å². The predicted octanol–water partition coefficient (Wildman–Crippen LogP) is 0.874. The average Bonchev–Trinajstić information content (AvgIpc) is 2.84.